The summed E-state index contributed by atoms with van der Waals surface area (Å²) in [6.45, 7) is 14.1. The van der Waals surface area contributed by atoms with Crippen molar-refractivity contribution in [1.29, 1.82) is 0 Å². The first-order chi connectivity index (χ1) is 15.8. The van der Waals surface area contributed by atoms with Crippen molar-refractivity contribution in [2.75, 3.05) is 0 Å². The number of nitrogens with zero attached hydrogens (tertiary/aromatic N) is 1. The topological polar surface area (TPSA) is 3.01 Å². The Balaban J connectivity index is 1.67. The molecule has 1 aliphatic rings. The minimum atomic E-state index is -1.65. The van der Waals surface area contributed by atoms with Crippen LogP contribution in [0.4, 0.5) is 5.69 Å². The average Bonchev–Trinajstić information content (AvgIpc) is 3.16. The lowest BCUT2D eigenvalue weighted by Gasteiger charge is -2.33. The molecule has 0 bridgehead atoms. The van der Waals surface area contributed by atoms with E-state index < -0.39 is 8.07 Å². The zero-order chi connectivity index (χ0) is 22.9. The van der Waals surface area contributed by atoms with Gasteiger partial charge < -0.3 is 0 Å². The summed E-state index contributed by atoms with van der Waals surface area (Å²) in [7, 11) is -1.65. The van der Waals surface area contributed by atoms with Crippen LogP contribution in [-0.4, -0.2) is 19.4 Å². The highest BCUT2D eigenvalue weighted by Gasteiger charge is 2.34. The molecule has 0 amide bonds. The maximum absolute atomic E-state index is 4.58. The standard InChI is InChI=1S/C30H27NSSi/c1-19-16-23-22-12-8-9-13-27(22)32-30(23)24(17-19)26-18-28(33(3,4)5)29-21-11-7-6-10-20(21)14-15-25(29)31(26)2/h6-18H,2H2,1,3-5H3. The first-order valence-corrected chi connectivity index (χ1v) is 15.8. The minimum absolute atomic E-state index is 1.20. The van der Waals surface area contributed by atoms with E-state index >= 15 is 0 Å². The summed E-state index contributed by atoms with van der Waals surface area (Å²) in [5.41, 5.74) is 5.15. The van der Waals surface area contributed by atoms with E-state index in [-0.39, 0.29) is 0 Å². The zero-order valence-corrected chi connectivity index (χ0v) is 21.4. The highest BCUT2D eigenvalue weighted by Crippen LogP contribution is 2.47. The van der Waals surface area contributed by atoms with Crippen LogP contribution in [0, 0.1) is 13.0 Å². The third-order valence-electron chi connectivity index (χ3n) is 6.75. The Morgan fingerprint density at radius 2 is 1.70 bits per heavy atom. The van der Waals surface area contributed by atoms with Gasteiger partial charge in [-0.1, -0.05) is 84.3 Å². The predicted octanol–water partition coefficient (Wildman–Crippen LogP) is 8.72. The van der Waals surface area contributed by atoms with Gasteiger partial charge in [0.05, 0.1) is 6.72 Å². The summed E-state index contributed by atoms with van der Waals surface area (Å²) in [5, 5.41) is 6.81. The quantitative estimate of drug-likeness (QED) is 0.107. The molecule has 162 valence electrons. The van der Waals surface area contributed by atoms with Crippen LogP contribution in [0.2, 0.25) is 19.6 Å². The highest BCUT2D eigenvalue weighted by molar-refractivity contribution is 7.26. The number of thiophene rings is 1. The van der Waals surface area contributed by atoms with E-state index in [0.717, 1.165) is 0 Å². The number of benzene rings is 4. The van der Waals surface area contributed by atoms with E-state index in [2.05, 4.69) is 117 Å². The monoisotopic (exact) mass is 461 g/mol. The fourth-order valence-corrected chi connectivity index (χ4v) is 7.95. The summed E-state index contributed by atoms with van der Waals surface area (Å²) < 4.78 is 4.86. The first kappa shape index (κ1) is 20.5. The lowest BCUT2D eigenvalue weighted by atomic mass is 9.93. The number of hydrogen-bond donors (Lipinski definition) is 0. The second-order valence-electron chi connectivity index (χ2n) is 10.1. The van der Waals surface area contributed by atoms with Gasteiger partial charge in [0.15, 0.2) is 21.1 Å². The van der Waals surface area contributed by atoms with Crippen LogP contribution >= 0.6 is 11.3 Å². The molecule has 3 heteroatoms. The molecule has 0 N–H and O–H groups in total. The molecule has 0 fully saturated rings. The number of aryl methyl sites for hydroxylation is 1. The molecular weight excluding hydrogens is 434 g/mol. The summed E-state index contributed by atoms with van der Waals surface area (Å²) >= 11 is 1.89. The van der Waals surface area contributed by atoms with Gasteiger partial charge >= 0.3 is 0 Å². The molecular formula is C30H27NSSi. The summed E-state index contributed by atoms with van der Waals surface area (Å²) in [6, 6.07) is 27.9. The van der Waals surface area contributed by atoms with E-state index in [9.17, 15) is 0 Å². The van der Waals surface area contributed by atoms with Crippen LogP contribution < -0.4 is 0 Å². The molecule has 5 aromatic rings. The van der Waals surface area contributed by atoms with Crippen LogP contribution in [0.15, 0.2) is 78.9 Å². The molecule has 0 saturated carbocycles. The van der Waals surface area contributed by atoms with Crippen molar-refractivity contribution in [3.63, 3.8) is 0 Å². The molecule has 0 saturated heterocycles. The normalized spacial score (nSPS) is 14.2. The van der Waals surface area contributed by atoms with E-state index in [1.54, 1.807) is 0 Å². The Hall–Kier alpha value is -3.14. The first-order valence-electron chi connectivity index (χ1n) is 11.5. The van der Waals surface area contributed by atoms with Crippen molar-refractivity contribution >= 4 is 68.0 Å². The van der Waals surface area contributed by atoms with E-state index in [1.807, 2.05) is 11.3 Å². The Morgan fingerprint density at radius 3 is 2.52 bits per heavy atom. The number of hydrogen-bond acceptors (Lipinski definition) is 0. The fraction of sp³-hybridized carbons (Fsp3) is 0.133. The number of fused-ring (bicyclic) bond motifs is 6. The predicted molar refractivity (Wildman–Crippen MR) is 149 cm³/mol. The van der Waals surface area contributed by atoms with Gasteiger partial charge in [-0.25, -0.2) is 4.58 Å². The molecule has 1 aliphatic heterocycles. The van der Waals surface area contributed by atoms with Gasteiger partial charge in [-0.2, -0.15) is 0 Å². The van der Waals surface area contributed by atoms with Gasteiger partial charge in [0.2, 0.25) is 0 Å². The largest absolute Gasteiger partial charge is 0.248 e. The van der Waals surface area contributed by atoms with Crippen LogP contribution in [0.3, 0.4) is 0 Å². The third-order valence-corrected chi connectivity index (χ3v) is 9.98. The van der Waals surface area contributed by atoms with Gasteiger partial charge in [-0.05, 0) is 40.8 Å². The van der Waals surface area contributed by atoms with Crippen LogP contribution in [-0.2, 0) is 0 Å². The van der Waals surface area contributed by atoms with Crippen LogP contribution in [0.25, 0.3) is 36.1 Å². The molecule has 1 aromatic heterocycles. The highest BCUT2D eigenvalue weighted by atomic mass is 32.1. The van der Waals surface area contributed by atoms with E-state index in [1.165, 1.54) is 64.6 Å². The van der Waals surface area contributed by atoms with Crippen molar-refractivity contribution in [1.82, 2.24) is 0 Å². The summed E-state index contributed by atoms with van der Waals surface area (Å²) in [6.07, 6.45) is 2.45. The summed E-state index contributed by atoms with van der Waals surface area (Å²) in [4.78, 5) is 0. The Morgan fingerprint density at radius 1 is 0.909 bits per heavy atom. The molecule has 0 radical (unpaired) electrons. The molecule has 6 rings (SSSR count). The van der Waals surface area contributed by atoms with Crippen molar-refractivity contribution < 1.29 is 4.58 Å². The minimum Gasteiger partial charge on any atom is -0.248 e. The Bertz CT molecular complexity index is 1630. The average molecular weight is 462 g/mol. The molecule has 0 spiro atoms. The van der Waals surface area contributed by atoms with Gasteiger partial charge in [0.25, 0.3) is 0 Å². The van der Waals surface area contributed by atoms with Crippen molar-refractivity contribution in [2.24, 2.45) is 0 Å². The molecule has 0 aliphatic carbocycles. The molecule has 4 aromatic carbocycles. The lowest BCUT2D eigenvalue weighted by Crippen LogP contribution is -2.29. The Kier molecular flexibility index (Phi) is 4.45. The molecule has 1 nitrogen and oxygen atoms in total. The van der Waals surface area contributed by atoms with E-state index in [4.69, 9.17) is 0 Å². The van der Waals surface area contributed by atoms with Crippen molar-refractivity contribution in [2.45, 2.75) is 26.6 Å². The van der Waals surface area contributed by atoms with Gasteiger partial charge in [-0.3, -0.25) is 0 Å². The SMILES string of the molecule is C=[N+]1c2ccc3ccccc3c2C([Si](C)(C)C)=C[C-]1c1cc(C)cc2c1[s+][c-]1ccccc21. The second kappa shape index (κ2) is 7.18. The van der Waals surface area contributed by atoms with Gasteiger partial charge in [-0.15, -0.1) is 18.2 Å². The smallest absolute Gasteiger partial charge is 0.160 e. The van der Waals surface area contributed by atoms with Gasteiger partial charge in [0.1, 0.15) is 11.3 Å². The maximum atomic E-state index is 4.58. The molecule has 0 atom stereocenters. The fourth-order valence-electron chi connectivity index (χ4n) is 5.16. The van der Waals surface area contributed by atoms with Crippen LogP contribution in [0.5, 0.6) is 0 Å². The van der Waals surface area contributed by atoms with Crippen LogP contribution in [0.1, 0.15) is 16.7 Å². The second-order valence-corrected chi connectivity index (χ2v) is 16.2. The maximum Gasteiger partial charge on any atom is 0.160 e. The third kappa shape index (κ3) is 3.11. The van der Waals surface area contributed by atoms with Crippen molar-refractivity contribution in [3.05, 3.63) is 102 Å². The summed E-state index contributed by atoms with van der Waals surface area (Å²) in [5.74, 6) is 0. The molecule has 0 unspecified atom stereocenters. The zero-order valence-electron chi connectivity index (χ0n) is 19.6. The lowest BCUT2D eigenvalue weighted by molar-refractivity contribution is -0.400. The Labute approximate surface area is 200 Å². The van der Waals surface area contributed by atoms with E-state index in [0.29, 0.717) is 0 Å². The van der Waals surface area contributed by atoms with Crippen molar-refractivity contribution in [3.8, 4) is 0 Å². The van der Waals surface area contributed by atoms with Gasteiger partial charge in [0, 0.05) is 13.6 Å². The molecule has 2 heterocycles. The number of rotatable bonds is 2. The molecule has 33 heavy (non-hydrogen) atoms.